The third-order valence-corrected chi connectivity index (χ3v) is 12.4. The number of cyclic esters (lactones) is 1. The van der Waals surface area contributed by atoms with Gasteiger partial charge >= 0.3 is 5.97 Å². The highest BCUT2D eigenvalue weighted by atomic mass is 16.6. The molecule has 10 atom stereocenters. The molecule has 0 amide bonds. The molecule has 0 aromatic carbocycles. The first-order valence-electron chi connectivity index (χ1n) is 13.5. The van der Waals surface area contributed by atoms with Crippen molar-refractivity contribution in [1.29, 1.82) is 0 Å². The lowest BCUT2D eigenvalue weighted by Crippen LogP contribution is -2.73. The highest BCUT2D eigenvalue weighted by Crippen LogP contribution is 2.75. The maximum Gasteiger partial charge on any atom is 0.334 e. The SMILES string of the molecule is CC1=C(C)C(=O)O[C@@H]([C@](C)(O)[C@]2(O)CC[C@@]3(O)[C@@H]4C[C@H]5O[C@]56CCCC(=O)[C@]6(C)[C@H]4CC[C@]23C)C1. The zero-order valence-corrected chi connectivity index (χ0v) is 21.6. The molecule has 6 aliphatic rings. The van der Waals surface area contributed by atoms with Gasteiger partial charge in [0.1, 0.15) is 28.7 Å². The Morgan fingerprint density at radius 1 is 1.03 bits per heavy atom. The minimum atomic E-state index is -1.75. The Kier molecular flexibility index (Phi) is 4.66. The highest BCUT2D eigenvalue weighted by molar-refractivity contribution is 5.90. The van der Waals surface area contributed by atoms with E-state index in [1.54, 1.807) is 13.8 Å². The number of Topliss-reactive ketones (excluding diaryl/α,β-unsaturated/α-hetero) is 1. The first kappa shape index (κ1) is 24.1. The van der Waals surface area contributed by atoms with Crippen molar-refractivity contribution in [2.45, 2.75) is 127 Å². The Balaban J connectivity index is 1.38. The standard InChI is InChI=1S/C28H40O7/c1-15-13-20(34-22(30)16(15)2)25(5,31)28(33)12-11-26(32)18-14-21-27(35-21)9-6-7-19(29)24(27,4)17(18)8-10-23(26,28)3/h17-18,20-21,31-33H,6-14H2,1-5H3/t17-,18+,20+,21+,23-,24-,25-,26+,27+,28-/m0/s1. The van der Waals surface area contributed by atoms with Crippen LogP contribution in [0.5, 0.6) is 0 Å². The number of fused-ring (bicyclic) bond motifs is 4. The number of hydrogen-bond acceptors (Lipinski definition) is 7. The monoisotopic (exact) mass is 488 g/mol. The second-order valence-electron chi connectivity index (χ2n) is 13.2. The summed E-state index contributed by atoms with van der Waals surface area (Å²) in [5.41, 5.74) is -5.31. The highest BCUT2D eigenvalue weighted by Gasteiger charge is 2.82. The molecule has 1 saturated heterocycles. The van der Waals surface area contributed by atoms with Gasteiger partial charge in [0.15, 0.2) is 0 Å². The molecule has 6 rings (SSSR count). The van der Waals surface area contributed by atoms with E-state index < -0.39 is 39.7 Å². The van der Waals surface area contributed by atoms with Crippen LogP contribution >= 0.6 is 0 Å². The normalized spacial score (nSPS) is 54.7. The third-order valence-electron chi connectivity index (χ3n) is 12.4. The van der Waals surface area contributed by atoms with Gasteiger partial charge in [-0.15, -0.1) is 0 Å². The van der Waals surface area contributed by atoms with E-state index in [2.05, 4.69) is 6.92 Å². The quantitative estimate of drug-likeness (QED) is 0.404. The maximum atomic E-state index is 13.4. The predicted molar refractivity (Wildman–Crippen MR) is 126 cm³/mol. The first-order chi connectivity index (χ1) is 16.2. The van der Waals surface area contributed by atoms with Gasteiger partial charge in [0.05, 0.1) is 17.1 Å². The van der Waals surface area contributed by atoms with Crippen molar-refractivity contribution in [1.82, 2.24) is 0 Å². The van der Waals surface area contributed by atoms with Crippen LogP contribution in [0.15, 0.2) is 11.1 Å². The van der Waals surface area contributed by atoms with Gasteiger partial charge in [0.2, 0.25) is 0 Å². The molecule has 4 aliphatic carbocycles. The summed E-state index contributed by atoms with van der Waals surface area (Å²) >= 11 is 0. The van der Waals surface area contributed by atoms with Crippen LogP contribution in [-0.2, 0) is 19.1 Å². The lowest BCUT2D eigenvalue weighted by Gasteiger charge is -2.63. The summed E-state index contributed by atoms with van der Waals surface area (Å²) in [6.45, 7) is 9.08. The van der Waals surface area contributed by atoms with Crippen LogP contribution in [0.3, 0.4) is 0 Å². The van der Waals surface area contributed by atoms with Crippen LogP contribution in [0, 0.1) is 22.7 Å². The molecule has 2 aliphatic heterocycles. The second-order valence-corrected chi connectivity index (χ2v) is 13.2. The summed E-state index contributed by atoms with van der Waals surface area (Å²) in [5, 5.41) is 36.7. The second kappa shape index (κ2) is 6.77. The molecule has 7 heteroatoms. The molecule has 5 fully saturated rings. The predicted octanol–water partition coefficient (Wildman–Crippen LogP) is 2.98. The molecule has 3 N–H and O–H groups in total. The van der Waals surface area contributed by atoms with Gasteiger partial charge < -0.3 is 24.8 Å². The lowest BCUT2D eigenvalue weighted by molar-refractivity contribution is -0.282. The molecule has 35 heavy (non-hydrogen) atoms. The molecule has 194 valence electrons. The average molecular weight is 489 g/mol. The number of carbonyl (C=O) groups excluding carboxylic acids is 2. The Bertz CT molecular complexity index is 1050. The molecule has 0 aromatic heterocycles. The molecule has 0 bridgehead atoms. The van der Waals surface area contributed by atoms with Crippen molar-refractivity contribution in [3.8, 4) is 0 Å². The molecule has 4 saturated carbocycles. The molecule has 7 nitrogen and oxygen atoms in total. The van der Waals surface area contributed by atoms with Crippen molar-refractivity contribution in [2.24, 2.45) is 22.7 Å². The van der Waals surface area contributed by atoms with E-state index in [9.17, 15) is 24.9 Å². The number of hydrogen-bond donors (Lipinski definition) is 3. The maximum absolute atomic E-state index is 13.4. The van der Waals surface area contributed by atoms with E-state index in [0.717, 1.165) is 18.4 Å². The number of aliphatic hydroxyl groups is 3. The van der Waals surface area contributed by atoms with Crippen LogP contribution < -0.4 is 0 Å². The van der Waals surface area contributed by atoms with E-state index in [4.69, 9.17) is 9.47 Å². The third kappa shape index (κ3) is 2.47. The van der Waals surface area contributed by atoms with Gasteiger partial charge in [0.25, 0.3) is 0 Å². The fraction of sp³-hybridized carbons (Fsp3) is 0.857. The smallest absolute Gasteiger partial charge is 0.334 e. The Labute approximate surface area is 207 Å². The molecular weight excluding hydrogens is 448 g/mol. The van der Waals surface area contributed by atoms with Crippen LogP contribution in [-0.4, -0.2) is 61.7 Å². The van der Waals surface area contributed by atoms with Gasteiger partial charge in [-0.1, -0.05) is 12.5 Å². The number of ether oxygens (including phenoxy) is 2. The number of rotatable bonds is 2. The molecule has 2 heterocycles. The zero-order valence-electron chi connectivity index (χ0n) is 21.6. The van der Waals surface area contributed by atoms with Crippen LogP contribution in [0.4, 0.5) is 0 Å². The first-order valence-corrected chi connectivity index (χ1v) is 13.5. The molecule has 0 radical (unpaired) electrons. The van der Waals surface area contributed by atoms with Gasteiger partial charge in [-0.25, -0.2) is 4.79 Å². The summed E-state index contributed by atoms with van der Waals surface area (Å²) in [6, 6.07) is 0. The fourth-order valence-electron chi connectivity index (χ4n) is 9.74. The fourth-order valence-corrected chi connectivity index (χ4v) is 9.74. The van der Waals surface area contributed by atoms with Crippen molar-refractivity contribution in [3.05, 3.63) is 11.1 Å². The summed E-state index contributed by atoms with van der Waals surface area (Å²) in [5.74, 6) is -0.431. The minimum Gasteiger partial charge on any atom is -0.455 e. The summed E-state index contributed by atoms with van der Waals surface area (Å²) < 4.78 is 11.9. The molecule has 0 unspecified atom stereocenters. The minimum absolute atomic E-state index is 0.0141. The van der Waals surface area contributed by atoms with E-state index in [0.29, 0.717) is 44.1 Å². The Morgan fingerprint density at radius 3 is 2.43 bits per heavy atom. The van der Waals surface area contributed by atoms with E-state index in [-0.39, 0.29) is 35.7 Å². The largest absolute Gasteiger partial charge is 0.455 e. The molecule has 1 spiro atoms. The summed E-state index contributed by atoms with van der Waals surface area (Å²) in [7, 11) is 0. The van der Waals surface area contributed by atoms with Gasteiger partial charge in [-0.2, -0.15) is 0 Å². The van der Waals surface area contributed by atoms with Gasteiger partial charge in [-0.3, -0.25) is 4.79 Å². The van der Waals surface area contributed by atoms with Crippen LogP contribution in [0.2, 0.25) is 0 Å². The summed E-state index contributed by atoms with van der Waals surface area (Å²) in [6.07, 6.45) is 4.11. The zero-order chi connectivity index (χ0) is 25.4. The van der Waals surface area contributed by atoms with Crippen LogP contribution in [0.1, 0.15) is 92.4 Å². The van der Waals surface area contributed by atoms with E-state index in [1.807, 2.05) is 13.8 Å². The van der Waals surface area contributed by atoms with Gasteiger partial charge in [0, 0.05) is 23.8 Å². The van der Waals surface area contributed by atoms with Crippen LogP contribution in [0.25, 0.3) is 0 Å². The number of ketones is 1. The van der Waals surface area contributed by atoms with E-state index in [1.165, 1.54) is 0 Å². The average Bonchev–Trinajstić information content (AvgIpc) is 3.46. The topological polar surface area (TPSA) is 117 Å². The lowest BCUT2D eigenvalue weighted by atomic mass is 9.42. The van der Waals surface area contributed by atoms with Gasteiger partial charge in [-0.05, 0) is 84.5 Å². The van der Waals surface area contributed by atoms with Crippen molar-refractivity contribution >= 4 is 11.8 Å². The number of epoxide rings is 1. The Morgan fingerprint density at radius 2 is 1.74 bits per heavy atom. The molecule has 0 aromatic rings. The Hall–Kier alpha value is -1.28. The van der Waals surface area contributed by atoms with Crippen molar-refractivity contribution < 1.29 is 34.4 Å². The van der Waals surface area contributed by atoms with Crippen molar-refractivity contribution in [2.75, 3.05) is 0 Å². The summed E-state index contributed by atoms with van der Waals surface area (Å²) in [4.78, 5) is 25.9. The number of esters is 1. The van der Waals surface area contributed by atoms with Crippen molar-refractivity contribution in [3.63, 3.8) is 0 Å². The van der Waals surface area contributed by atoms with E-state index >= 15 is 0 Å². The molecular formula is C28H40O7. The number of carbonyl (C=O) groups is 2.